The molecule has 1 aromatic carbocycles. The number of aryl methyl sites for hydroxylation is 2. The van der Waals surface area contributed by atoms with Crippen LogP contribution >= 0.6 is 11.8 Å². The molecule has 2 rings (SSSR count). The van der Waals surface area contributed by atoms with Crippen molar-refractivity contribution in [1.29, 1.82) is 0 Å². The number of benzene rings is 1. The monoisotopic (exact) mass is 330 g/mol. The Kier molecular flexibility index (Phi) is 5.70. The number of phenolic OH excluding ortho intramolecular Hbond substituents is 1. The Hall–Kier alpha value is -2.41. The summed E-state index contributed by atoms with van der Waals surface area (Å²) >= 11 is 1.28. The fourth-order valence-corrected chi connectivity index (χ4v) is 2.69. The van der Waals surface area contributed by atoms with Crippen LogP contribution in [0.2, 0.25) is 0 Å². The zero-order valence-electron chi connectivity index (χ0n) is 13.1. The van der Waals surface area contributed by atoms with E-state index in [4.69, 9.17) is 0 Å². The Morgan fingerprint density at radius 2 is 2.00 bits per heavy atom. The topological polar surface area (TPSA) is 87.5 Å². The van der Waals surface area contributed by atoms with E-state index >= 15 is 0 Å². The molecule has 23 heavy (non-hydrogen) atoms. The third kappa shape index (κ3) is 5.37. The zero-order valence-corrected chi connectivity index (χ0v) is 14.0. The van der Waals surface area contributed by atoms with Crippen LogP contribution in [0.5, 0.6) is 5.75 Å². The summed E-state index contributed by atoms with van der Waals surface area (Å²) in [5, 5.41) is 13.4. The van der Waals surface area contributed by atoms with E-state index in [-0.39, 0.29) is 16.9 Å². The highest BCUT2D eigenvalue weighted by Crippen LogP contribution is 2.20. The summed E-state index contributed by atoms with van der Waals surface area (Å²) in [6, 6.07) is 8.48. The molecule has 1 aromatic heterocycles. The number of hydrogen-bond donors (Lipinski definition) is 2. The summed E-state index contributed by atoms with van der Waals surface area (Å²) in [5.74, 6) is -0.0923. The van der Waals surface area contributed by atoms with Crippen molar-refractivity contribution in [2.24, 2.45) is 5.10 Å². The number of carbonyl (C=O) groups excluding carboxylic acids is 1. The molecule has 120 valence electrons. The highest BCUT2D eigenvalue weighted by molar-refractivity contribution is 8.00. The van der Waals surface area contributed by atoms with E-state index in [2.05, 4.69) is 20.5 Å². The Morgan fingerprint density at radius 3 is 2.65 bits per heavy atom. The number of nitrogens with zero attached hydrogens (tertiary/aromatic N) is 3. The van der Waals surface area contributed by atoms with Crippen LogP contribution in [-0.4, -0.2) is 32.4 Å². The van der Waals surface area contributed by atoms with Gasteiger partial charge in [0.25, 0.3) is 5.91 Å². The fourth-order valence-electron chi connectivity index (χ4n) is 1.82. The molecule has 1 atom stereocenters. The highest BCUT2D eigenvalue weighted by Gasteiger charge is 2.15. The maximum Gasteiger partial charge on any atom is 0.253 e. The van der Waals surface area contributed by atoms with Crippen LogP contribution < -0.4 is 5.43 Å². The number of rotatable bonds is 5. The minimum Gasteiger partial charge on any atom is -0.508 e. The van der Waals surface area contributed by atoms with Gasteiger partial charge >= 0.3 is 0 Å². The lowest BCUT2D eigenvalue weighted by Gasteiger charge is -2.09. The van der Waals surface area contributed by atoms with Crippen molar-refractivity contribution in [3.63, 3.8) is 0 Å². The molecular formula is C16H18N4O2S. The van der Waals surface area contributed by atoms with E-state index in [1.807, 2.05) is 19.9 Å². The van der Waals surface area contributed by atoms with Gasteiger partial charge < -0.3 is 5.11 Å². The van der Waals surface area contributed by atoms with Gasteiger partial charge in [-0.15, -0.1) is 0 Å². The Balaban J connectivity index is 1.92. The van der Waals surface area contributed by atoms with Crippen molar-refractivity contribution >= 4 is 23.9 Å². The lowest BCUT2D eigenvalue weighted by atomic mass is 10.2. The minimum absolute atomic E-state index is 0.149. The average Bonchev–Trinajstić information content (AvgIpc) is 2.46. The zero-order chi connectivity index (χ0) is 16.8. The molecule has 0 aliphatic carbocycles. The summed E-state index contributed by atoms with van der Waals surface area (Å²) < 4.78 is 0. The van der Waals surface area contributed by atoms with Crippen LogP contribution in [-0.2, 0) is 4.79 Å². The summed E-state index contributed by atoms with van der Waals surface area (Å²) in [6.07, 6.45) is 1.47. The standard InChI is InChI=1S/C16H18N4O2S/c1-10-7-11(2)19-16(18-10)23-12(3)15(22)20-17-9-13-5-4-6-14(21)8-13/h4-9,12,21H,1-3H3,(H,20,22)/b17-9-/t12-/m1/s1. The van der Waals surface area contributed by atoms with Gasteiger partial charge in [-0.3, -0.25) is 4.79 Å². The molecule has 0 aliphatic heterocycles. The first kappa shape index (κ1) is 17.0. The second-order valence-corrected chi connectivity index (χ2v) is 6.33. The molecule has 0 unspecified atom stereocenters. The van der Waals surface area contributed by atoms with Gasteiger partial charge in [-0.25, -0.2) is 15.4 Å². The smallest absolute Gasteiger partial charge is 0.253 e. The first-order valence-electron chi connectivity index (χ1n) is 7.05. The van der Waals surface area contributed by atoms with Crippen molar-refractivity contribution in [3.8, 4) is 5.75 Å². The predicted octanol–water partition coefficient (Wildman–Crippen LogP) is 2.43. The minimum atomic E-state index is -0.377. The molecule has 0 spiro atoms. The molecule has 0 bridgehead atoms. The molecule has 6 nitrogen and oxygen atoms in total. The lowest BCUT2D eigenvalue weighted by molar-refractivity contribution is -0.120. The van der Waals surface area contributed by atoms with Crippen LogP contribution in [0, 0.1) is 13.8 Å². The average molecular weight is 330 g/mol. The second kappa shape index (κ2) is 7.73. The van der Waals surface area contributed by atoms with Gasteiger partial charge in [-0.2, -0.15) is 5.10 Å². The van der Waals surface area contributed by atoms with Gasteiger partial charge in [0.1, 0.15) is 5.75 Å². The number of nitrogens with one attached hydrogen (secondary N) is 1. The largest absolute Gasteiger partial charge is 0.508 e. The molecular weight excluding hydrogens is 312 g/mol. The molecule has 0 aliphatic rings. The van der Waals surface area contributed by atoms with Crippen molar-refractivity contribution in [2.75, 3.05) is 0 Å². The number of hydrazone groups is 1. The van der Waals surface area contributed by atoms with Crippen molar-refractivity contribution < 1.29 is 9.90 Å². The SMILES string of the molecule is Cc1cc(C)nc(S[C@H](C)C(=O)N/N=C\c2cccc(O)c2)n1. The Bertz CT molecular complexity index is 714. The van der Waals surface area contributed by atoms with Gasteiger partial charge in [0.2, 0.25) is 0 Å². The lowest BCUT2D eigenvalue weighted by Crippen LogP contribution is -2.27. The normalized spacial score (nSPS) is 12.3. The predicted molar refractivity (Wildman–Crippen MR) is 90.7 cm³/mol. The van der Waals surface area contributed by atoms with Crippen molar-refractivity contribution in [1.82, 2.24) is 15.4 Å². The Morgan fingerprint density at radius 1 is 1.30 bits per heavy atom. The van der Waals surface area contributed by atoms with E-state index in [1.165, 1.54) is 18.0 Å². The molecule has 0 fully saturated rings. The fraction of sp³-hybridized carbons (Fsp3) is 0.250. The first-order chi connectivity index (χ1) is 10.9. The van der Waals surface area contributed by atoms with E-state index in [0.717, 1.165) is 11.4 Å². The number of hydrogen-bond acceptors (Lipinski definition) is 6. The Labute approximate surface area is 139 Å². The summed E-state index contributed by atoms with van der Waals surface area (Å²) in [5.41, 5.74) is 4.91. The van der Waals surface area contributed by atoms with Crippen molar-refractivity contribution in [3.05, 3.63) is 47.3 Å². The third-order valence-electron chi connectivity index (χ3n) is 2.87. The molecule has 0 radical (unpaired) electrons. The molecule has 7 heteroatoms. The van der Waals surface area contributed by atoms with Gasteiger partial charge in [0.15, 0.2) is 5.16 Å². The number of thioether (sulfide) groups is 1. The molecule has 0 saturated carbocycles. The summed E-state index contributed by atoms with van der Waals surface area (Å²) in [6.45, 7) is 5.55. The van der Waals surface area contributed by atoms with Crippen LogP contribution in [0.3, 0.4) is 0 Å². The van der Waals surface area contributed by atoms with Gasteiger partial charge in [-0.1, -0.05) is 23.9 Å². The van der Waals surface area contributed by atoms with E-state index < -0.39 is 0 Å². The van der Waals surface area contributed by atoms with Gasteiger partial charge in [-0.05, 0) is 44.5 Å². The van der Waals surface area contributed by atoms with Crippen molar-refractivity contribution in [2.45, 2.75) is 31.2 Å². The number of aromatic hydroxyl groups is 1. The molecule has 1 amide bonds. The van der Waals surface area contributed by atoms with Crippen LogP contribution in [0.25, 0.3) is 0 Å². The maximum absolute atomic E-state index is 12.0. The highest BCUT2D eigenvalue weighted by atomic mass is 32.2. The molecule has 0 saturated heterocycles. The number of aromatic nitrogens is 2. The number of amides is 1. The van der Waals surface area contributed by atoms with E-state index in [0.29, 0.717) is 10.7 Å². The van der Waals surface area contributed by atoms with Crippen LogP contribution in [0.4, 0.5) is 0 Å². The molecule has 2 N–H and O–H groups in total. The van der Waals surface area contributed by atoms with E-state index in [9.17, 15) is 9.90 Å². The van der Waals surface area contributed by atoms with E-state index in [1.54, 1.807) is 31.2 Å². The van der Waals surface area contributed by atoms with Crippen LogP contribution in [0.1, 0.15) is 23.9 Å². The summed E-state index contributed by atoms with van der Waals surface area (Å²) in [4.78, 5) is 20.6. The van der Waals surface area contributed by atoms with Gasteiger partial charge in [0.05, 0.1) is 11.5 Å². The van der Waals surface area contributed by atoms with Crippen LogP contribution in [0.15, 0.2) is 40.6 Å². The number of phenols is 1. The second-order valence-electron chi connectivity index (χ2n) is 5.02. The first-order valence-corrected chi connectivity index (χ1v) is 7.93. The summed E-state index contributed by atoms with van der Waals surface area (Å²) in [7, 11) is 0. The van der Waals surface area contributed by atoms with Gasteiger partial charge in [0, 0.05) is 11.4 Å². The maximum atomic E-state index is 12.0. The third-order valence-corrected chi connectivity index (χ3v) is 3.83. The molecule has 1 heterocycles. The number of carbonyl (C=O) groups is 1. The quantitative estimate of drug-likeness (QED) is 0.380. The molecule has 2 aromatic rings.